The average molecular weight is 311 g/mol. The highest BCUT2D eigenvalue weighted by atomic mass is 16.6. The topological polar surface area (TPSA) is 65.8 Å². The van der Waals surface area contributed by atoms with Crippen LogP contribution < -0.4 is 0 Å². The van der Waals surface area contributed by atoms with E-state index in [9.17, 15) is 4.79 Å². The van der Waals surface area contributed by atoms with Gasteiger partial charge in [0.2, 0.25) is 0 Å². The molecule has 0 saturated carbocycles. The number of aromatic nitrogens is 2. The Labute approximate surface area is 131 Å². The van der Waals surface area contributed by atoms with Gasteiger partial charge in [-0.1, -0.05) is 0 Å². The summed E-state index contributed by atoms with van der Waals surface area (Å²) in [6.45, 7) is 3.53. The maximum Gasteiger partial charge on any atom is 0.409 e. The molecule has 2 rings (SSSR count). The molecule has 124 valence electrons. The molecule has 1 unspecified atom stereocenters. The summed E-state index contributed by atoms with van der Waals surface area (Å²) in [5.74, 6) is 1.27. The highest BCUT2D eigenvalue weighted by Crippen LogP contribution is 2.26. The van der Waals surface area contributed by atoms with Gasteiger partial charge in [0.1, 0.15) is 12.4 Å². The van der Waals surface area contributed by atoms with Gasteiger partial charge in [-0.15, -0.1) is 0 Å². The molecular weight excluding hydrogens is 286 g/mol. The van der Waals surface area contributed by atoms with Crippen molar-refractivity contribution in [1.82, 2.24) is 14.5 Å². The van der Waals surface area contributed by atoms with Crippen molar-refractivity contribution in [3.8, 4) is 0 Å². The van der Waals surface area contributed by atoms with Gasteiger partial charge in [0, 0.05) is 52.2 Å². The van der Waals surface area contributed by atoms with Crippen molar-refractivity contribution in [2.45, 2.75) is 25.3 Å². The van der Waals surface area contributed by atoms with Gasteiger partial charge in [0.05, 0.1) is 13.2 Å². The lowest BCUT2D eigenvalue weighted by molar-refractivity contribution is 0.0645. The first-order chi connectivity index (χ1) is 10.8. The Kier molecular flexibility index (Phi) is 6.67. The molecule has 1 aliphatic heterocycles. The third kappa shape index (κ3) is 4.45. The summed E-state index contributed by atoms with van der Waals surface area (Å²) in [6, 6.07) is 0. The van der Waals surface area contributed by atoms with Gasteiger partial charge in [-0.05, 0) is 12.8 Å². The van der Waals surface area contributed by atoms with E-state index in [1.54, 1.807) is 25.3 Å². The summed E-state index contributed by atoms with van der Waals surface area (Å²) in [7, 11) is 3.28. The van der Waals surface area contributed by atoms with Crippen LogP contribution in [-0.4, -0.2) is 67.7 Å². The number of rotatable bonds is 7. The quantitative estimate of drug-likeness (QED) is 0.714. The van der Waals surface area contributed by atoms with Gasteiger partial charge in [0.15, 0.2) is 0 Å². The second kappa shape index (κ2) is 8.75. The number of carbonyl (C=O) groups is 1. The first kappa shape index (κ1) is 16.8. The zero-order valence-electron chi connectivity index (χ0n) is 13.4. The van der Waals surface area contributed by atoms with Crippen molar-refractivity contribution in [3.05, 3.63) is 18.2 Å². The smallest absolute Gasteiger partial charge is 0.409 e. The molecule has 0 aliphatic carbocycles. The molecule has 1 aromatic rings. The number of imidazole rings is 1. The van der Waals surface area contributed by atoms with Gasteiger partial charge in [0.25, 0.3) is 0 Å². The Morgan fingerprint density at radius 1 is 1.32 bits per heavy atom. The summed E-state index contributed by atoms with van der Waals surface area (Å²) in [4.78, 5) is 18.3. The molecule has 1 aliphatic rings. The maximum absolute atomic E-state index is 12.0. The summed E-state index contributed by atoms with van der Waals surface area (Å²) in [5.41, 5.74) is 0. The average Bonchev–Trinajstić information content (AvgIpc) is 3.01. The standard InChI is InChI=1S/C15H25N3O4/c1-20-9-8-17-7-5-16-14(17)13-4-3-6-18(12-13)15(19)22-11-10-21-2/h5,7,13H,3-4,6,8-12H2,1-2H3. The molecule has 1 amide bonds. The van der Waals surface area contributed by atoms with Crippen molar-refractivity contribution in [1.29, 1.82) is 0 Å². The first-order valence-corrected chi connectivity index (χ1v) is 7.67. The van der Waals surface area contributed by atoms with E-state index in [1.165, 1.54) is 0 Å². The SMILES string of the molecule is COCCOC(=O)N1CCCC(c2nccn2CCOC)C1. The van der Waals surface area contributed by atoms with Gasteiger partial charge in [-0.3, -0.25) is 0 Å². The van der Waals surface area contributed by atoms with Crippen LogP contribution in [0.25, 0.3) is 0 Å². The fraction of sp³-hybridized carbons (Fsp3) is 0.733. The number of methoxy groups -OCH3 is 2. The van der Waals surface area contributed by atoms with Crippen LogP contribution in [0, 0.1) is 0 Å². The van der Waals surface area contributed by atoms with Crippen LogP contribution in [0.4, 0.5) is 4.79 Å². The van der Waals surface area contributed by atoms with E-state index in [1.807, 2.05) is 6.20 Å². The molecule has 0 spiro atoms. The number of carbonyl (C=O) groups excluding carboxylic acids is 1. The Bertz CT molecular complexity index is 463. The number of amides is 1. The number of piperidine rings is 1. The number of likely N-dealkylation sites (tertiary alicyclic amines) is 1. The molecule has 0 N–H and O–H groups in total. The summed E-state index contributed by atoms with van der Waals surface area (Å²) >= 11 is 0. The zero-order valence-corrected chi connectivity index (χ0v) is 13.4. The van der Waals surface area contributed by atoms with E-state index in [2.05, 4.69) is 9.55 Å². The second-order valence-corrected chi connectivity index (χ2v) is 5.36. The van der Waals surface area contributed by atoms with Crippen molar-refractivity contribution >= 4 is 6.09 Å². The Morgan fingerprint density at radius 3 is 2.91 bits per heavy atom. The molecule has 22 heavy (non-hydrogen) atoms. The zero-order chi connectivity index (χ0) is 15.8. The predicted octanol–water partition coefficient (Wildman–Crippen LogP) is 1.49. The van der Waals surface area contributed by atoms with Crippen LogP contribution in [-0.2, 0) is 20.8 Å². The van der Waals surface area contributed by atoms with E-state index in [4.69, 9.17) is 14.2 Å². The number of hydrogen-bond donors (Lipinski definition) is 0. The maximum atomic E-state index is 12.0. The summed E-state index contributed by atoms with van der Waals surface area (Å²) < 4.78 is 17.3. The van der Waals surface area contributed by atoms with E-state index in [0.29, 0.717) is 26.4 Å². The summed E-state index contributed by atoms with van der Waals surface area (Å²) in [5, 5.41) is 0. The van der Waals surface area contributed by atoms with Crippen molar-refractivity contribution in [2.24, 2.45) is 0 Å². The van der Waals surface area contributed by atoms with Crippen LogP contribution in [0.2, 0.25) is 0 Å². The van der Waals surface area contributed by atoms with Crippen molar-refractivity contribution in [3.63, 3.8) is 0 Å². The minimum Gasteiger partial charge on any atom is -0.447 e. The van der Waals surface area contributed by atoms with Crippen LogP contribution in [0.5, 0.6) is 0 Å². The molecule has 0 aromatic carbocycles. The first-order valence-electron chi connectivity index (χ1n) is 7.67. The predicted molar refractivity (Wildman–Crippen MR) is 80.9 cm³/mol. The van der Waals surface area contributed by atoms with Crippen LogP contribution in [0.1, 0.15) is 24.6 Å². The number of hydrogen-bond acceptors (Lipinski definition) is 5. The molecular formula is C15H25N3O4. The van der Waals surface area contributed by atoms with Crippen molar-refractivity contribution < 1.29 is 19.0 Å². The van der Waals surface area contributed by atoms with Gasteiger partial charge in [-0.2, -0.15) is 0 Å². The van der Waals surface area contributed by atoms with Crippen molar-refractivity contribution in [2.75, 3.05) is 47.1 Å². The second-order valence-electron chi connectivity index (χ2n) is 5.36. The summed E-state index contributed by atoms with van der Waals surface area (Å²) in [6.07, 6.45) is 5.50. The minimum absolute atomic E-state index is 0.246. The monoisotopic (exact) mass is 311 g/mol. The lowest BCUT2D eigenvalue weighted by Gasteiger charge is -2.32. The van der Waals surface area contributed by atoms with E-state index in [0.717, 1.165) is 31.8 Å². The largest absolute Gasteiger partial charge is 0.447 e. The fourth-order valence-corrected chi connectivity index (χ4v) is 2.72. The molecule has 0 radical (unpaired) electrons. The lowest BCUT2D eigenvalue weighted by Crippen LogP contribution is -2.40. The lowest BCUT2D eigenvalue weighted by atomic mass is 9.97. The molecule has 1 atom stereocenters. The Morgan fingerprint density at radius 2 is 2.14 bits per heavy atom. The Balaban J connectivity index is 1.92. The highest BCUT2D eigenvalue weighted by Gasteiger charge is 2.28. The fourth-order valence-electron chi connectivity index (χ4n) is 2.72. The van der Waals surface area contributed by atoms with Gasteiger partial charge < -0.3 is 23.7 Å². The third-order valence-electron chi connectivity index (χ3n) is 3.84. The third-order valence-corrected chi connectivity index (χ3v) is 3.84. The van der Waals surface area contributed by atoms with Crippen LogP contribution in [0.15, 0.2) is 12.4 Å². The minimum atomic E-state index is -0.267. The Hall–Kier alpha value is -1.60. The van der Waals surface area contributed by atoms with Crippen LogP contribution >= 0.6 is 0 Å². The molecule has 2 heterocycles. The van der Waals surface area contributed by atoms with Gasteiger partial charge >= 0.3 is 6.09 Å². The number of nitrogens with zero attached hydrogens (tertiary/aromatic N) is 3. The molecule has 1 aromatic heterocycles. The molecule has 1 fully saturated rings. The molecule has 7 heteroatoms. The van der Waals surface area contributed by atoms with E-state index < -0.39 is 0 Å². The molecule has 1 saturated heterocycles. The van der Waals surface area contributed by atoms with E-state index in [-0.39, 0.29) is 12.0 Å². The molecule has 0 bridgehead atoms. The molecule has 7 nitrogen and oxygen atoms in total. The normalized spacial score (nSPS) is 18.5. The highest BCUT2D eigenvalue weighted by molar-refractivity contribution is 5.67. The number of ether oxygens (including phenoxy) is 3. The van der Waals surface area contributed by atoms with E-state index >= 15 is 0 Å². The van der Waals surface area contributed by atoms with Gasteiger partial charge in [-0.25, -0.2) is 9.78 Å². The van der Waals surface area contributed by atoms with Crippen LogP contribution in [0.3, 0.4) is 0 Å².